The quantitative estimate of drug-likeness (QED) is 0.812. The molecule has 1 heterocycles. The zero-order valence-electron chi connectivity index (χ0n) is 9.25. The fourth-order valence-corrected chi connectivity index (χ4v) is 2.52. The van der Waals surface area contributed by atoms with E-state index in [-0.39, 0.29) is 0 Å². The van der Waals surface area contributed by atoms with Crippen molar-refractivity contribution in [3.05, 3.63) is 53.9 Å². The Labute approximate surface area is 102 Å². The minimum Gasteiger partial charge on any atom is -0.263 e. The van der Waals surface area contributed by atoms with Gasteiger partial charge in [-0.1, -0.05) is 17.7 Å². The molecule has 84 valence electrons. The molecule has 1 atom stereocenters. The van der Waals surface area contributed by atoms with Crippen LogP contribution in [0, 0.1) is 18.3 Å². The van der Waals surface area contributed by atoms with Gasteiger partial charge in [0, 0.05) is 17.3 Å². The van der Waals surface area contributed by atoms with Gasteiger partial charge in [-0.2, -0.15) is 5.26 Å². The van der Waals surface area contributed by atoms with Crippen molar-refractivity contribution in [2.75, 3.05) is 0 Å². The van der Waals surface area contributed by atoms with Crippen LogP contribution in [0.15, 0.2) is 52.5 Å². The third-order valence-electron chi connectivity index (χ3n) is 2.34. The van der Waals surface area contributed by atoms with Crippen molar-refractivity contribution < 1.29 is 4.21 Å². The second kappa shape index (κ2) is 4.89. The molecule has 0 aliphatic carbocycles. The Morgan fingerprint density at radius 1 is 1.24 bits per heavy atom. The average molecular weight is 242 g/mol. The molecule has 2 rings (SSSR count). The molecule has 0 unspecified atom stereocenters. The van der Waals surface area contributed by atoms with Crippen LogP contribution >= 0.6 is 0 Å². The summed E-state index contributed by atoms with van der Waals surface area (Å²) < 4.78 is 12.3. The van der Waals surface area contributed by atoms with Crippen molar-refractivity contribution in [3.8, 4) is 6.07 Å². The van der Waals surface area contributed by atoms with E-state index < -0.39 is 10.8 Å². The second-order valence-corrected chi connectivity index (χ2v) is 5.01. The molecular formula is C13H10N2OS. The van der Waals surface area contributed by atoms with E-state index >= 15 is 0 Å². The first-order chi connectivity index (χ1) is 8.22. The van der Waals surface area contributed by atoms with E-state index in [4.69, 9.17) is 5.26 Å². The molecule has 2 aromatic rings. The SMILES string of the molecule is Cc1ccc([S@@](=O)c2cnccc2C#N)cc1. The van der Waals surface area contributed by atoms with Crippen LogP contribution < -0.4 is 0 Å². The molecule has 0 amide bonds. The standard InChI is InChI=1S/C13H10N2OS/c1-10-2-4-12(5-3-10)17(16)13-9-15-7-6-11(13)8-14/h2-7,9H,1H3/t17-/m1/s1. The number of nitriles is 1. The molecule has 0 aliphatic heterocycles. The Bertz CT molecular complexity index is 600. The lowest BCUT2D eigenvalue weighted by atomic mass is 10.2. The third-order valence-corrected chi connectivity index (χ3v) is 3.76. The summed E-state index contributed by atoms with van der Waals surface area (Å²) in [4.78, 5) is 5.05. The number of nitrogens with zero attached hydrogens (tertiary/aromatic N) is 2. The largest absolute Gasteiger partial charge is 0.263 e. The van der Waals surface area contributed by atoms with Crippen LogP contribution in [0.25, 0.3) is 0 Å². The van der Waals surface area contributed by atoms with E-state index in [2.05, 4.69) is 4.98 Å². The van der Waals surface area contributed by atoms with Crippen LogP contribution in [-0.4, -0.2) is 9.19 Å². The van der Waals surface area contributed by atoms with E-state index in [1.807, 2.05) is 25.1 Å². The summed E-state index contributed by atoms with van der Waals surface area (Å²) in [7, 11) is -1.35. The number of hydrogen-bond donors (Lipinski definition) is 0. The highest BCUT2D eigenvalue weighted by atomic mass is 32.2. The summed E-state index contributed by atoms with van der Waals surface area (Å²) in [5.41, 5.74) is 1.51. The van der Waals surface area contributed by atoms with Gasteiger partial charge >= 0.3 is 0 Å². The highest BCUT2D eigenvalue weighted by molar-refractivity contribution is 7.85. The maximum atomic E-state index is 12.3. The fourth-order valence-electron chi connectivity index (χ4n) is 1.41. The van der Waals surface area contributed by atoms with Crippen LogP contribution in [0.2, 0.25) is 0 Å². The molecule has 0 aliphatic rings. The van der Waals surface area contributed by atoms with Gasteiger partial charge in [-0.05, 0) is 25.1 Å². The Morgan fingerprint density at radius 3 is 2.59 bits per heavy atom. The highest BCUT2D eigenvalue weighted by Gasteiger charge is 2.11. The number of aryl methyl sites for hydroxylation is 1. The normalized spacial score (nSPS) is 11.8. The Balaban J connectivity index is 2.44. The molecule has 1 aromatic heterocycles. The maximum Gasteiger partial charge on any atom is 0.101 e. The molecule has 3 nitrogen and oxygen atoms in total. The molecule has 4 heteroatoms. The van der Waals surface area contributed by atoms with Gasteiger partial charge in [0.15, 0.2) is 0 Å². The summed E-state index contributed by atoms with van der Waals surface area (Å²) in [5, 5.41) is 8.95. The molecule has 0 N–H and O–H groups in total. The Hall–Kier alpha value is -1.99. The lowest BCUT2D eigenvalue weighted by Gasteiger charge is -2.03. The molecule has 0 bridgehead atoms. The number of pyridine rings is 1. The molecule has 0 radical (unpaired) electrons. The smallest absolute Gasteiger partial charge is 0.101 e. The second-order valence-electron chi connectivity index (χ2n) is 3.57. The molecular weight excluding hydrogens is 232 g/mol. The average Bonchev–Trinajstić information content (AvgIpc) is 2.39. The maximum absolute atomic E-state index is 12.3. The molecule has 1 aromatic carbocycles. The van der Waals surface area contributed by atoms with Gasteiger partial charge in [-0.25, -0.2) is 4.21 Å². The number of benzene rings is 1. The first-order valence-corrected chi connectivity index (χ1v) is 6.20. The summed E-state index contributed by atoms with van der Waals surface area (Å²) in [5.74, 6) is 0. The third kappa shape index (κ3) is 2.40. The fraction of sp³-hybridized carbons (Fsp3) is 0.0769. The van der Waals surface area contributed by atoms with Gasteiger partial charge < -0.3 is 0 Å². The molecule has 0 saturated carbocycles. The van der Waals surface area contributed by atoms with Crippen molar-refractivity contribution in [2.45, 2.75) is 16.7 Å². The highest BCUT2D eigenvalue weighted by Crippen LogP contribution is 2.19. The number of aromatic nitrogens is 1. The summed E-state index contributed by atoms with van der Waals surface area (Å²) >= 11 is 0. The van der Waals surface area contributed by atoms with Crippen molar-refractivity contribution in [2.24, 2.45) is 0 Å². The summed E-state index contributed by atoms with van der Waals surface area (Å²) in [6, 6.07) is 11.0. The minimum absolute atomic E-state index is 0.402. The van der Waals surface area contributed by atoms with Crippen molar-refractivity contribution in [1.29, 1.82) is 5.26 Å². The van der Waals surface area contributed by atoms with Gasteiger partial charge in [-0.15, -0.1) is 0 Å². The van der Waals surface area contributed by atoms with Gasteiger partial charge in [0.05, 0.1) is 21.3 Å². The zero-order chi connectivity index (χ0) is 12.3. The van der Waals surface area contributed by atoms with E-state index in [9.17, 15) is 4.21 Å². The molecule has 0 fully saturated rings. The van der Waals surface area contributed by atoms with Crippen LogP contribution in [0.5, 0.6) is 0 Å². The van der Waals surface area contributed by atoms with E-state index in [1.165, 1.54) is 12.4 Å². The predicted octanol–water partition coefficient (Wildman–Crippen LogP) is 2.43. The number of rotatable bonds is 2. The number of hydrogen-bond acceptors (Lipinski definition) is 3. The molecule has 17 heavy (non-hydrogen) atoms. The Morgan fingerprint density at radius 2 is 1.94 bits per heavy atom. The predicted molar refractivity (Wildman–Crippen MR) is 64.8 cm³/mol. The zero-order valence-corrected chi connectivity index (χ0v) is 10.1. The van der Waals surface area contributed by atoms with Crippen LogP contribution in [0.1, 0.15) is 11.1 Å². The topological polar surface area (TPSA) is 53.8 Å². The molecule has 0 spiro atoms. The van der Waals surface area contributed by atoms with Crippen molar-refractivity contribution in [1.82, 2.24) is 4.98 Å². The van der Waals surface area contributed by atoms with Crippen molar-refractivity contribution >= 4 is 10.8 Å². The van der Waals surface area contributed by atoms with E-state index in [0.717, 1.165) is 5.56 Å². The minimum atomic E-state index is -1.35. The van der Waals surface area contributed by atoms with Crippen molar-refractivity contribution in [3.63, 3.8) is 0 Å². The van der Waals surface area contributed by atoms with Crippen LogP contribution in [0.4, 0.5) is 0 Å². The van der Waals surface area contributed by atoms with Crippen LogP contribution in [0.3, 0.4) is 0 Å². The summed E-state index contributed by atoms with van der Waals surface area (Å²) in [6.45, 7) is 1.97. The van der Waals surface area contributed by atoms with E-state index in [0.29, 0.717) is 15.4 Å². The van der Waals surface area contributed by atoms with Gasteiger partial charge in [-0.3, -0.25) is 4.98 Å². The monoisotopic (exact) mass is 242 g/mol. The van der Waals surface area contributed by atoms with Gasteiger partial charge in [0.2, 0.25) is 0 Å². The van der Waals surface area contributed by atoms with Gasteiger partial charge in [0.25, 0.3) is 0 Å². The van der Waals surface area contributed by atoms with Gasteiger partial charge in [0.1, 0.15) is 6.07 Å². The lowest BCUT2D eigenvalue weighted by Crippen LogP contribution is -1.97. The molecule has 0 saturated heterocycles. The first-order valence-electron chi connectivity index (χ1n) is 5.05. The van der Waals surface area contributed by atoms with E-state index in [1.54, 1.807) is 18.2 Å². The first kappa shape index (κ1) is 11.5. The Kier molecular flexibility index (Phi) is 3.31. The summed E-state index contributed by atoms with van der Waals surface area (Å²) in [6.07, 6.45) is 3.00. The van der Waals surface area contributed by atoms with Crippen LogP contribution in [-0.2, 0) is 10.8 Å². The lowest BCUT2D eigenvalue weighted by molar-refractivity contribution is 0.682.